The van der Waals surface area contributed by atoms with Gasteiger partial charge in [0.15, 0.2) is 9.84 Å². The molecule has 2 N–H and O–H groups in total. The van der Waals surface area contributed by atoms with Gasteiger partial charge in [0.05, 0.1) is 22.3 Å². The van der Waals surface area contributed by atoms with Crippen LogP contribution < -0.4 is 10.9 Å². The van der Waals surface area contributed by atoms with E-state index in [2.05, 4.69) is 20.4 Å². The average molecular weight is 458 g/mol. The first kappa shape index (κ1) is 23.4. The Morgan fingerprint density at radius 3 is 2.50 bits per heavy atom. The quantitative estimate of drug-likeness (QED) is 0.535. The molecular weight excluding hydrogens is 430 g/mol. The highest BCUT2D eigenvalue weighted by molar-refractivity contribution is 7.92. The number of aryl methyl sites for hydroxylation is 2. The van der Waals surface area contributed by atoms with Gasteiger partial charge in [-0.1, -0.05) is 25.5 Å². The molecule has 1 amide bonds. The zero-order chi connectivity index (χ0) is 23.5. The lowest BCUT2D eigenvalue weighted by atomic mass is 10.1. The molecule has 0 radical (unpaired) electrons. The lowest BCUT2D eigenvalue weighted by molar-refractivity contribution is -0.115. The minimum atomic E-state index is -3.36. The molecule has 0 bridgehead atoms. The molecule has 3 rings (SSSR count). The van der Waals surface area contributed by atoms with Crippen molar-refractivity contribution in [1.29, 1.82) is 0 Å². The van der Waals surface area contributed by atoms with Crippen LogP contribution >= 0.6 is 0 Å². The standard InChI is InChI=1S/C22H27N5O4S/c1-5-6-17-13-21(29)25-22(23-17)27-19(11-15(4)26-27)24-20(28)12-16-7-9-18(10-8-16)32(30,31)14(2)3/h7-11,13-14H,5-6,12H2,1-4H3,(H,24,28)(H,23,25,29). The lowest BCUT2D eigenvalue weighted by Gasteiger charge is -2.10. The van der Waals surface area contributed by atoms with E-state index < -0.39 is 15.1 Å². The second-order valence-electron chi connectivity index (χ2n) is 7.86. The number of carbonyl (C=O) groups is 1. The summed E-state index contributed by atoms with van der Waals surface area (Å²) in [4.78, 5) is 32.0. The molecule has 0 atom stereocenters. The highest BCUT2D eigenvalue weighted by atomic mass is 32.2. The topological polar surface area (TPSA) is 127 Å². The first-order chi connectivity index (χ1) is 15.1. The highest BCUT2D eigenvalue weighted by Gasteiger charge is 2.19. The van der Waals surface area contributed by atoms with Crippen molar-refractivity contribution in [2.45, 2.75) is 57.1 Å². The van der Waals surface area contributed by atoms with Crippen LogP contribution in [0.4, 0.5) is 5.82 Å². The Hall–Kier alpha value is -3.27. The first-order valence-corrected chi connectivity index (χ1v) is 11.9. The van der Waals surface area contributed by atoms with Gasteiger partial charge in [0, 0.05) is 17.8 Å². The molecule has 2 heterocycles. The third-order valence-corrected chi connectivity index (χ3v) is 7.00. The van der Waals surface area contributed by atoms with Crippen molar-refractivity contribution in [2.24, 2.45) is 0 Å². The van der Waals surface area contributed by atoms with E-state index in [1.54, 1.807) is 39.0 Å². The molecule has 170 valence electrons. The van der Waals surface area contributed by atoms with E-state index in [-0.39, 0.29) is 28.7 Å². The fourth-order valence-corrected chi connectivity index (χ4v) is 4.23. The number of nitrogens with one attached hydrogen (secondary N) is 2. The van der Waals surface area contributed by atoms with E-state index in [0.717, 1.165) is 6.42 Å². The summed E-state index contributed by atoms with van der Waals surface area (Å²) in [6.07, 6.45) is 1.54. The number of rotatable bonds is 8. The molecule has 0 saturated heterocycles. The van der Waals surface area contributed by atoms with Crippen molar-refractivity contribution >= 4 is 21.6 Å². The number of nitrogens with zero attached hydrogens (tertiary/aromatic N) is 3. The maximum Gasteiger partial charge on any atom is 0.252 e. The van der Waals surface area contributed by atoms with Crippen LogP contribution in [0.15, 0.2) is 46.1 Å². The number of amides is 1. The number of hydrogen-bond acceptors (Lipinski definition) is 6. The van der Waals surface area contributed by atoms with Gasteiger partial charge < -0.3 is 5.32 Å². The molecule has 1 aromatic carbocycles. The minimum absolute atomic E-state index is 0.0477. The number of H-pyrrole nitrogens is 1. The van der Waals surface area contributed by atoms with Crippen molar-refractivity contribution in [3.05, 3.63) is 63.7 Å². The summed E-state index contributed by atoms with van der Waals surface area (Å²) in [5.74, 6) is 0.300. The molecule has 0 aliphatic heterocycles. The normalized spacial score (nSPS) is 11.7. The molecule has 0 aliphatic rings. The zero-order valence-electron chi connectivity index (χ0n) is 18.5. The van der Waals surface area contributed by atoms with E-state index >= 15 is 0 Å². The molecule has 0 fully saturated rings. The van der Waals surface area contributed by atoms with Gasteiger partial charge in [0.1, 0.15) is 5.82 Å². The Labute approximate surface area is 186 Å². The number of sulfone groups is 1. The maximum absolute atomic E-state index is 12.6. The summed E-state index contributed by atoms with van der Waals surface area (Å²) in [6, 6.07) is 9.42. The molecule has 0 unspecified atom stereocenters. The van der Waals surface area contributed by atoms with Crippen LogP contribution in [0.3, 0.4) is 0 Å². The monoisotopic (exact) mass is 457 g/mol. The molecule has 2 aromatic heterocycles. The van der Waals surface area contributed by atoms with E-state index in [1.165, 1.54) is 22.9 Å². The summed E-state index contributed by atoms with van der Waals surface area (Å²) < 4.78 is 25.9. The van der Waals surface area contributed by atoms with Crippen molar-refractivity contribution in [1.82, 2.24) is 19.7 Å². The molecule has 9 nitrogen and oxygen atoms in total. The smallest absolute Gasteiger partial charge is 0.252 e. The molecule has 0 aliphatic carbocycles. The van der Waals surface area contributed by atoms with Crippen LogP contribution in [0.5, 0.6) is 0 Å². The van der Waals surface area contributed by atoms with E-state index in [9.17, 15) is 18.0 Å². The van der Waals surface area contributed by atoms with Crippen molar-refractivity contribution in [3.8, 4) is 5.95 Å². The summed E-state index contributed by atoms with van der Waals surface area (Å²) in [6.45, 7) is 7.02. The van der Waals surface area contributed by atoms with Crippen LogP contribution in [-0.4, -0.2) is 39.3 Å². The molecule has 0 saturated carbocycles. The summed E-state index contributed by atoms with van der Waals surface area (Å²) in [7, 11) is -3.36. The van der Waals surface area contributed by atoms with E-state index in [4.69, 9.17) is 0 Å². The number of anilines is 1. The van der Waals surface area contributed by atoms with Gasteiger partial charge in [0.2, 0.25) is 11.9 Å². The Bertz CT molecular complexity index is 1270. The van der Waals surface area contributed by atoms with Gasteiger partial charge in [-0.2, -0.15) is 9.78 Å². The summed E-state index contributed by atoms with van der Waals surface area (Å²) >= 11 is 0. The van der Waals surface area contributed by atoms with Gasteiger partial charge in [-0.15, -0.1) is 0 Å². The fourth-order valence-electron chi connectivity index (χ4n) is 3.17. The van der Waals surface area contributed by atoms with Gasteiger partial charge in [-0.25, -0.2) is 13.4 Å². The number of aromatic amines is 1. The van der Waals surface area contributed by atoms with Crippen molar-refractivity contribution < 1.29 is 13.2 Å². The second kappa shape index (κ2) is 9.47. The Kier molecular flexibility index (Phi) is 6.93. The Morgan fingerprint density at radius 2 is 1.88 bits per heavy atom. The zero-order valence-corrected chi connectivity index (χ0v) is 19.4. The summed E-state index contributed by atoms with van der Waals surface area (Å²) in [5.41, 5.74) is 1.67. The molecule has 3 aromatic rings. The van der Waals surface area contributed by atoms with Crippen molar-refractivity contribution in [3.63, 3.8) is 0 Å². The predicted molar refractivity (Wildman–Crippen MR) is 122 cm³/mol. The molecular formula is C22H27N5O4S. The second-order valence-corrected chi connectivity index (χ2v) is 10.4. The third-order valence-electron chi connectivity index (χ3n) is 4.83. The molecule has 10 heteroatoms. The molecule has 0 spiro atoms. The predicted octanol–water partition coefficient (Wildman–Crippen LogP) is 2.58. The SMILES string of the molecule is CCCc1cc(=O)[nH]c(-n2nc(C)cc2NC(=O)Cc2ccc(S(=O)(=O)C(C)C)cc2)n1. The Morgan fingerprint density at radius 1 is 1.19 bits per heavy atom. The van der Waals surface area contributed by atoms with E-state index in [0.29, 0.717) is 29.2 Å². The average Bonchev–Trinajstić information content (AvgIpc) is 3.08. The highest BCUT2D eigenvalue weighted by Crippen LogP contribution is 2.18. The van der Waals surface area contributed by atoms with Gasteiger partial charge in [0.25, 0.3) is 5.56 Å². The number of benzene rings is 1. The van der Waals surface area contributed by atoms with Crippen LogP contribution in [0.1, 0.15) is 44.1 Å². The van der Waals surface area contributed by atoms with Gasteiger partial charge in [-0.05, 0) is 44.9 Å². The van der Waals surface area contributed by atoms with Crippen LogP contribution in [-0.2, 0) is 27.5 Å². The fraction of sp³-hybridized carbons (Fsp3) is 0.364. The van der Waals surface area contributed by atoms with Gasteiger partial charge in [-0.3, -0.25) is 14.6 Å². The van der Waals surface area contributed by atoms with Gasteiger partial charge >= 0.3 is 0 Å². The minimum Gasteiger partial charge on any atom is -0.310 e. The summed E-state index contributed by atoms with van der Waals surface area (Å²) in [5, 5.41) is 6.62. The van der Waals surface area contributed by atoms with Crippen LogP contribution in [0.2, 0.25) is 0 Å². The molecule has 32 heavy (non-hydrogen) atoms. The van der Waals surface area contributed by atoms with Crippen molar-refractivity contribution in [2.75, 3.05) is 5.32 Å². The lowest BCUT2D eigenvalue weighted by Crippen LogP contribution is -2.20. The van der Waals surface area contributed by atoms with Crippen LogP contribution in [0, 0.1) is 6.92 Å². The number of hydrogen-bond donors (Lipinski definition) is 2. The van der Waals surface area contributed by atoms with Crippen LogP contribution in [0.25, 0.3) is 5.95 Å². The third kappa shape index (κ3) is 5.31. The van der Waals surface area contributed by atoms with E-state index in [1.807, 2.05) is 6.92 Å². The number of carbonyl (C=O) groups excluding carboxylic acids is 1. The largest absolute Gasteiger partial charge is 0.310 e. The first-order valence-electron chi connectivity index (χ1n) is 10.4. The Balaban J connectivity index is 1.79. The maximum atomic E-state index is 12.6. The number of aromatic nitrogens is 4.